The first-order chi connectivity index (χ1) is 10.2. The van der Waals surface area contributed by atoms with E-state index < -0.39 is 0 Å². The minimum atomic E-state index is 0.552. The number of ether oxygens (including phenoxy) is 1. The molecule has 3 fully saturated rings. The molecule has 1 saturated carbocycles. The van der Waals surface area contributed by atoms with Crippen LogP contribution in [0.1, 0.15) is 56.0 Å². The second kappa shape index (κ2) is 5.24. The minimum Gasteiger partial charge on any atom is -0.381 e. The quantitative estimate of drug-likeness (QED) is 0.838. The molecule has 0 N–H and O–H groups in total. The van der Waals surface area contributed by atoms with Crippen LogP contribution in [0.2, 0.25) is 0 Å². The van der Waals surface area contributed by atoms with Gasteiger partial charge >= 0.3 is 0 Å². The number of hydrogen-bond donors (Lipinski definition) is 0. The fourth-order valence-corrected chi connectivity index (χ4v) is 3.84. The third kappa shape index (κ3) is 2.78. The summed E-state index contributed by atoms with van der Waals surface area (Å²) in [6, 6.07) is 2.24. The van der Waals surface area contributed by atoms with Crippen LogP contribution in [0.15, 0.2) is 6.07 Å². The van der Waals surface area contributed by atoms with Crippen molar-refractivity contribution >= 4 is 5.82 Å². The standard InChI is InChI=1S/C17H25N3O/c1-13-18-15(14-2-3-14)12-16(19-13)20-8-4-17(5-9-20)6-10-21-11-7-17/h12,14H,2-11H2,1H3. The van der Waals surface area contributed by atoms with Crippen molar-refractivity contribution in [3.05, 3.63) is 17.6 Å². The molecule has 1 aromatic heterocycles. The zero-order valence-electron chi connectivity index (χ0n) is 13.0. The van der Waals surface area contributed by atoms with Crippen LogP contribution in [0.5, 0.6) is 0 Å². The van der Waals surface area contributed by atoms with Gasteiger partial charge in [0.1, 0.15) is 11.6 Å². The SMILES string of the molecule is Cc1nc(C2CC2)cc(N2CCC3(CCOCC3)CC2)n1. The van der Waals surface area contributed by atoms with Gasteiger partial charge in [0, 0.05) is 44.0 Å². The Morgan fingerprint density at radius 1 is 1.10 bits per heavy atom. The van der Waals surface area contributed by atoms with Gasteiger partial charge in [-0.25, -0.2) is 9.97 Å². The highest BCUT2D eigenvalue weighted by atomic mass is 16.5. The second-order valence-electron chi connectivity index (χ2n) is 7.07. The Balaban J connectivity index is 1.48. The van der Waals surface area contributed by atoms with Crippen molar-refractivity contribution < 1.29 is 4.74 Å². The lowest BCUT2D eigenvalue weighted by Crippen LogP contribution is -2.43. The molecular weight excluding hydrogens is 262 g/mol. The van der Waals surface area contributed by atoms with Gasteiger partial charge in [0.05, 0.1) is 0 Å². The third-order valence-electron chi connectivity index (χ3n) is 5.54. The number of aryl methyl sites for hydroxylation is 1. The van der Waals surface area contributed by atoms with Crippen LogP contribution in [0.3, 0.4) is 0 Å². The second-order valence-corrected chi connectivity index (χ2v) is 7.07. The average molecular weight is 287 g/mol. The minimum absolute atomic E-state index is 0.552. The number of aromatic nitrogens is 2. The summed E-state index contributed by atoms with van der Waals surface area (Å²) in [6.45, 7) is 6.22. The van der Waals surface area contributed by atoms with E-state index in [9.17, 15) is 0 Å². The average Bonchev–Trinajstić information content (AvgIpc) is 3.33. The summed E-state index contributed by atoms with van der Waals surface area (Å²) in [6.07, 6.45) is 7.68. The van der Waals surface area contributed by atoms with Crippen LogP contribution in [0.25, 0.3) is 0 Å². The lowest BCUT2D eigenvalue weighted by Gasteiger charge is -2.44. The van der Waals surface area contributed by atoms with Gasteiger partial charge in [0.2, 0.25) is 0 Å². The number of nitrogens with zero attached hydrogens (tertiary/aromatic N) is 3. The molecular formula is C17H25N3O. The fraction of sp³-hybridized carbons (Fsp3) is 0.765. The fourth-order valence-electron chi connectivity index (χ4n) is 3.84. The van der Waals surface area contributed by atoms with Crippen molar-refractivity contribution in [2.75, 3.05) is 31.2 Å². The normalized spacial score (nSPS) is 25.3. The largest absolute Gasteiger partial charge is 0.381 e. The van der Waals surface area contributed by atoms with Crippen molar-refractivity contribution in [2.45, 2.75) is 51.4 Å². The smallest absolute Gasteiger partial charge is 0.132 e. The lowest BCUT2D eigenvalue weighted by molar-refractivity contribution is 0.00206. The number of piperidine rings is 1. The van der Waals surface area contributed by atoms with E-state index in [0.717, 1.165) is 37.9 Å². The summed E-state index contributed by atoms with van der Waals surface area (Å²) in [7, 11) is 0. The van der Waals surface area contributed by atoms with Crippen LogP contribution in [-0.4, -0.2) is 36.3 Å². The number of anilines is 1. The molecule has 0 radical (unpaired) electrons. The van der Waals surface area contributed by atoms with E-state index in [4.69, 9.17) is 9.72 Å². The summed E-state index contributed by atoms with van der Waals surface area (Å²) in [5, 5.41) is 0. The van der Waals surface area contributed by atoms with Crippen LogP contribution < -0.4 is 4.90 Å². The third-order valence-corrected chi connectivity index (χ3v) is 5.54. The van der Waals surface area contributed by atoms with E-state index >= 15 is 0 Å². The molecule has 21 heavy (non-hydrogen) atoms. The van der Waals surface area contributed by atoms with E-state index in [1.807, 2.05) is 6.92 Å². The van der Waals surface area contributed by atoms with Crippen LogP contribution >= 0.6 is 0 Å². The first kappa shape index (κ1) is 13.5. The predicted octanol–water partition coefficient (Wildman–Crippen LogP) is 3.06. The highest BCUT2D eigenvalue weighted by Gasteiger charge is 2.36. The van der Waals surface area contributed by atoms with Crippen molar-refractivity contribution in [1.82, 2.24) is 9.97 Å². The van der Waals surface area contributed by atoms with Crippen LogP contribution in [0.4, 0.5) is 5.82 Å². The molecule has 0 bridgehead atoms. The van der Waals surface area contributed by atoms with Crippen LogP contribution in [-0.2, 0) is 4.74 Å². The summed E-state index contributed by atoms with van der Waals surface area (Å²) in [4.78, 5) is 11.8. The summed E-state index contributed by atoms with van der Waals surface area (Å²) in [5.41, 5.74) is 1.82. The molecule has 1 aliphatic carbocycles. The molecule has 4 nitrogen and oxygen atoms in total. The maximum Gasteiger partial charge on any atom is 0.132 e. The monoisotopic (exact) mass is 287 g/mol. The van der Waals surface area contributed by atoms with Crippen molar-refractivity contribution in [3.63, 3.8) is 0 Å². The molecule has 0 aromatic carbocycles. The molecule has 1 aromatic rings. The molecule has 2 saturated heterocycles. The number of hydrogen-bond acceptors (Lipinski definition) is 4. The van der Waals surface area contributed by atoms with E-state index in [-0.39, 0.29) is 0 Å². The summed E-state index contributed by atoms with van der Waals surface area (Å²) >= 11 is 0. The Hall–Kier alpha value is -1.16. The Morgan fingerprint density at radius 2 is 1.81 bits per heavy atom. The first-order valence-corrected chi connectivity index (χ1v) is 8.42. The van der Waals surface area contributed by atoms with E-state index in [0.29, 0.717) is 11.3 Å². The molecule has 1 spiro atoms. The zero-order valence-corrected chi connectivity index (χ0v) is 13.0. The topological polar surface area (TPSA) is 38.2 Å². The summed E-state index contributed by atoms with van der Waals surface area (Å²) in [5.74, 6) is 2.80. The van der Waals surface area contributed by atoms with Gasteiger partial charge in [-0.05, 0) is 50.9 Å². The zero-order chi connectivity index (χ0) is 14.3. The highest BCUT2D eigenvalue weighted by molar-refractivity contribution is 5.42. The Bertz CT molecular complexity index is 511. The van der Waals surface area contributed by atoms with Gasteiger partial charge in [-0.3, -0.25) is 0 Å². The van der Waals surface area contributed by atoms with E-state index in [1.54, 1.807) is 0 Å². The molecule has 3 aliphatic rings. The van der Waals surface area contributed by atoms with E-state index in [1.165, 1.54) is 44.2 Å². The van der Waals surface area contributed by atoms with Gasteiger partial charge < -0.3 is 9.64 Å². The van der Waals surface area contributed by atoms with E-state index in [2.05, 4.69) is 16.0 Å². The Kier molecular flexibility index (Phi) is 3.37. The molecule has 2 aliphatic heterocycles. The predicted molar refractivity (Wildman–Crippen MR) is 82.7 cm³/mol. The van der Waals surface area contributed by atoms with Crippen molar-refractivity contribution in [3.8, 4) is 0 Å². The maximum atomic E-state index is 5.54. The van der Waals surface area contributed by atoms with Crippen LogP contribution in [0, 0.1) is 12.3 Å². The van der Waals surface area contributed by atoms with Crippen molar-refractivity contribution in [1.29, 1.82) is 0 Å². The van der Waals surface area contributed by atoms with Gasteiger partial charge in [-0.15, -0.1) is 0 Å². The molecule has 114 valence electrons. The molecule has 0 atom stereocenters. The van der Waals surface area contributed by atoms with Gasteiger partial charge in [-0.2, -0.15) is 0 Å². The van der Waals surface area contributed by atoms with Crippen molar-refractivity contribution in [2.24, 2.45) is 5.41 Å². The number of rotatable bonds is 2. The first-order valence-electron chi connectivity index (χ1n) is 8.42. The molecule has 0 unspecified atom stereocenters. The van der Waals surface area contributed by atoms with Gasteiger partial charge in [-0.1, -0.05) is 0 Å². The lowest BCUT2D eigenvalue weighted by atomic mass is 9.72. The molecule has 0 amide bonds. The maximum absolute atomic E-state index is 5.54. The molecule has 3 heterocycles. The molecule has 4 rings (SSSR count). The van der Waals surface area contributed by atoms with Gasteiger partial charge in [0.15, 0.2) is 0 Å². The molecule has 4 heteroatoms. The Labute approximate surface area is 126 Å². The highest BCUT2D eigenvalue weighted by Crippen LogP contribution is 2.42. The van der Waals surface area contributed by atoms with Gasteiger partial charge in [0.25, 0.3) is 0 Å². The summed E-state index contributed by atoms with van der Waals surface area (Å²) < 4.78 is 5.54. The Morgan fingerprint density at radius 3 is 2.48 bits per heavy atom.